The van der Waals surface area contributed by atoms with Gasteiger partial charge in [0, 0.05) is 0 Å². The SMILES string of the molecule is CCO/C(N)=C\C(=O)O.CNN. The van der Waals surface area contributed by atoms with Crippen molar-refractivity contribution in [2.45, 2.75) is 6.92 Å². The first-order chi connectivity index (χ1) is 5.58. The maximum Gasteiger partial charge on any atom is 0.333 e. The molecule has 72 valence electrons. The van der Waals surface area contributed by atoms with Crippen LogP contribution in [0.25, 0.3) is 0 Å². The zero-order chi connectivity index (χ0) is 9.98. The molecular weight excluding hydrogens is 162 g/mol. The third kappa shape index (κ3) is 15.9. The third-order valence-electron chi connectivity index (χ3n) is 0.577. The fraction of sp³-hybridized carbons (Fsp3) is 0.500. The molecule has 0 spiro atoms. The summed E-state index contributed by atoms with van der Waals surface area (Å²) in [6.45, 7) is 2.11. The zero-order valence-corrected chi connectivity index (χ0v) is 7.20. The second-order valence-corrected chi connectivity index (χ2v) is 1.61. The largest absolute Gasteiger partial charge is 0.479 e. The number of aliphatic carboxylic acids is 1. The van der Waals surface area contributed by atoms with Gasteiger partial charge in [-0.1, -0.05) is 0 Å². The highest BCUT2D eigenvalue weighted by Gasteiger charge is 1.92. The van der Waals surface area contributed by atoms with Gasteiger partial charge in [0.25, 0.3) is 0 Å². The predicted octanol–water partition coefficient (Wildman–Crippen LogP) is -1.01. The van der Waals surface area contributed by atoms with Gasteiger partial charge < -0.3 is 15.6 Å². The van der Waals surface area contributed by atoms with E-state index < -0.39 is 5.97 Å². The van der Waals surface area contributed by atoms with Crippen molar-refractivity contribution in [3.8, 4) is 0 Å². The van der Waals surface area contributed by atoms with E-state index in [2.05, 4.69) is 16.0 Å². The van der Waals surface area contributed by atoms with Gasteiger partial charge in [-0.05, 0) is 14.0 Å². The maximum atomic E-state index is 9.85. The predicted molar refractivity (Wildman–Crippen MR) is 44.8 cm³/mol. The molecule has 0 unspecified atom stereocenters. The van der Waals surface area contributed by atoms with Crippen molar-refractivity contribution in [2.24, 2.45) is 11.6 Å². The van der Waals surface area contributed by atoms with Gasteiger partial charge in [0.05, 0.1) is 12.7 Å². The minimum Gasteiger partial charge on any atom is -0.479 e. The van der Waals surface area contributed by atoms with Crippen LogP contribution >= 0.6 is 0 Å². The molecule has 0 saturated heterocycles. The van der Waals surface area contributed by atoms with Gasteiger partial charge in [0.1, 0.15) is 0 Å². The second-order valence-electron chi connectivity index (χ2n) is 1.61. The van der Waals surface area contributed by atoms with Crippen LogP contribution in [-0.2, 0) is 9.53 Å². The lowest BCUT2D eigenvalue weighted by Gasteiger charge is -1.98. The number of ether oxygens (including phenoxy) is 1. The van der Waals surface area contributed by atoms with Crippen LogP contribution in [0.2, 0.25) is 0 Å². The molecule has 0 amide bonds. The van der Waals surface area contributed by atoms with Crippen LogP contribution in [0.15, 0.2) is 12.0 Å². The summed E-state index contributed by atoms with van der Waals surface area (Å²) >= 11 is 0. The number of hydrogen-bond acceptors (Lipinski definition) is 5. The Bertz CT molecular complexity index is 147. The summed E-state index contributed by atoms with van der Waals surface area (Å²) in [6.07, 6.45) is 0.809. The topological polar surface area (TPSA) is 111 Å². The van der Waals surface area contributed by atoms with Gasteiger partial charge in [0.2, 0.25) is 0 Å². The van der Waals surface area contributed by atoms with Crippen molar-refractivity contribution in [1.82, 2.24) is 5.43 Å². The van der Waals surface area contributed by atoms with Crippen LogP contribution < -0.4 is 17.0 Å². The molecule has 0 aliphatic heterocycles. The molecule has 0 aromatic heterocycles. The fourth-order valence-corrected chi connectivity index (χ4v) is 0.330. The normalized spacial score (nSPS) is 9.75. The molecule has 0 radical (unpaired) electrons. The summed E-state index contributed by atoms with van der Waals surface area (Å²) in [4.78, 5) is 9.85. The smallest absolute Gasteiger partial charge is 0.333 e. The zero-order valence-electron chi connectivity index (χ0n) is 7.20. The average Bonchev–Trinajstić information content (AvgIpc) is 1.87. The second kappa shape index (κ2) is 9.73. The minimum absolute atomic E-state index is 0.0648. The Kier molecular flexibility index (Phi) is 10.8. The first kappa shape index (κ1) is 13.3. The summed E-state index contributed by atoms with van der Waals surface area (Å²) < 4.78 is 4.61. The maximum absolute atomic E-state index is 9.85. The van der Waals surface area contributed by atoms with Crippen molar-refractivity contribution < 1.29 is 14.6 Å². The molecule has 0 aliphatic rings. The van der Waals surface area contributed by atoms with Crippen LogP contribution in [0.4, 0.5) is 0 Å². The Hall–Kier alpha value is -1.27. The molecular formula is C6H15N3O3. The minimum atomic E-state index is -1.10. The van der Waals surface area contributed by atoms with E-state index in [0.717, 1.165) is 6.08 Å². The third-order valence-corrected chi connectivity index (χ3v) is 0.577. The Balaban J connectivity index is 0. The molecule has 0 bridgehead atoms. The van der Waals surface area contributed by atoms with Crippen LogP contribution in [0, 0.1) is 0 Å². The summed E-state index contributed by atoms with van der Waals surface area (Å²) in [5.41, 5.74) is 7.29. The van der Waals surface area contributed by atoms with E-state index in [0.29, 0.717) is 6.61 Å². The molecule has 0 heterocycles. The number of hydrogen-bond donors (Lipinski definition) is 4. The van der Waals surface area contributed by atoms with Crippen molar-refractivity contribution in [2.75, 3.05) is 13.7 Å². The molecule has 6 heteroatoms. The van der Waals surface area contributed by atoms with E-state index in [1.165, 1.54) is 0 Å². The van der Waals surface area contributed by atoms with E-state index in [-0.39, 0.29) is 5.88 Å². The molecule has 0 atom stereocenters. The van der Waals surface area contributed by atoms with Crippen LogP contribution in [0.1, 0.15) is 6.92 Å². The Morgan fingerprint density at radius 2 is 2.17 bits per heavy atom. The Morgan fingerprint density at radius 1 is 1.75 bits per heavy atom. The Labute approximate surface area is 71.1 Å². The molecule has 6 N–H and O–H groups in total. The lowest BCUT2D eigenvalue weighted by atomic mass is 10.6. The van der Waals surface area contributed by atoms with Gasteiger partial charge in [-0.15, -0.1) is 0 Å². The standard InChI is InChI=1S/C5H9NO3.CH6N2/c1-2-9-4(6)3-5(7)8;1-3-2/h3H,2,6H2,1H3,(H,7,8);3H,2H2,1H3/b4-3-;. The number of carbonyl (C=O) groups is 1. The molecule has 0 rings (SSSR count). The quantitative estimate of drug-likeness (QED) is 0.190. The number of rotatable bonds is 3. The molecule has 0 aromatic rings. The highest BCUT2D eigenvalue weighted by Crippen LogP contribution is 1.84. The van der Waals surface area contributed by atoms with E-state index in [1.807, 2.05) is 0 Å². The summed E-state index contributed by atoms with van der Waals surface area (Å²) in [5.74, 6) is 3.44. The first-order valence-corrected chi connectivity index (χ1v) is 3.28. The van der Waals surface area contributed by atoms with E-state index in [1.54, 1.807) is 14.0 Å². The van der Waals surface area contributed by atoms with Crippen molar-refractivity contribution in [1.29, 1.82) is 0 Å². The molecule has 0 aliphatic carbocycles. The van der Waals surface area contributed by atoms with Crippen LogP contribution in [0.5, 0.6) is 0 Å². The van der Waals surface area contributed by atoms with Crippen molar-refractivity contribution in [3.05, 3.63) is 12.0 Å². The van der Waals surface area contributed by atoms with E-state index in [4.69, 9.17) is 10.8 Å². The molecule has 0 fully saturated rings. The van der Waals surface area contributed by atoms with Gasteiger partial charge in [-0.2, -0.15) is 0 Å². The summed E-state index contributed by atoms with van der Waals surface area (Å²) in [7, 11) is 1.65. The number of nitrogens with two attached hydrogens (primary N) is 2. The van der Waals surface area contributed by atoms with Crippen LogP contribution in [0.3, 0.4) is 0 Å². The van der Waals surface area contributed by atoms with Gasteiger partial charge in [-0.3, -0.25) is 11.3 Å². The summed E-state index contributed by atoms with van der Waals surface area (Å²) in [6, 6.07) is 0. The highest BCUT2D eigenvalue weighted by atomic mass is 16.5. The fourth-order valence-electron chi connectivity index (χ4n) is 0.330. The Morgan fingerprint density at radius 3 is 2.42 bits per heavy atom. The van der Waals surface area contributed by atoms with Gasteiger partial charge in [0.15, 0.2) is 5.88 Å². The summed E-state index contributed by atoms with van der Waals surface area (Å²) in [5, 5.41) is 8.07. The van der Waals surface area contributed by atoms with Crippen molar-refractivity contribution >= 4 is 5.97 Å². The average molecular weight is 177 g/mol. The first-order valence-electron chi connectivity index (χ1n) is 3.28. The molecule has 0 aromatic carbocycles. The number of nitrogens with one attached hydrogen (secondary N) is 1. The van der Waals surface area contributed by atoms with Crippen molar-refractivity contribution in [3.63, 3.8) is 0 Å². The van der Waals surface area contributed by atoms with Gasteiger partial charge >= 0.3 is 5.97 Å². The highest BCUT2D eigenvalue weighted by molar-refractivity contribution is 5.80. The number of carboxylic acids is 1. The van der Waals surface area contributed by atoms with E-state index >= 15 is 0 Å². The van der Waals surface area contributed by atoms with Crippen LogP contribution in [-0.4, -0.2) is 24.7 Å². The molecule has 0 saturated carbocycles. The van der Waals surface area contributed by atoms with Gasteiger partial charge in [-0.25, -0.2) is 4.79 Å². The number of carboxylic acid groups (broad SMARTS) is 1. The lowest BCUT2D eigenvalue weighted by Crippen LogP contribution is -2.13. The lowest BCUT2D eigenvalue weighted by molar-refractivity contribution is -0.131. The monoisotopic (exact) mass is 177 g/mol. The molecule has 12 heavy (non-hydrogen) atoms. The van der Waals surface area contributed by atoms with E-state index in [9.17, 15) is 4.79 Å². The number of hydrazine groups is 1. The molecule has 6 nitrogen and oxygen atoms in total.